The zero-order valence-corrected chi connectivity index (χ0v) is 9.59. The number of aryl methyl sites for hydroxylation is 1. The Morgan fingerprint density at radius 2 is 1.94 bits per heavy atom. The van der Waals surface area contributed by atoms with E-state index < -0.39 is 0 Å². The van der Waals surface area contributed by atoms with Gasteiger partial charge in [0.05, 0.1) is 12.1 Å². The van der Waals surface area contributed by atoms with Crippen LogP contribution < -0.4 is 4.74 Å². The second-order valence-electron chi connectivity index (χ2n) is 3.55. The molecule has 1 aromatic carbocycles. The SMILES string of the molecule is COc1cc(C)c2c(c1)C(=O)C(Cl)=CC2=O. The number of carbonyl (C=O) groups is 2. The quantitative estimate of drug-likeness (QED) is 0.753. The molecule has 0 aliphatic heterocycles. The molecule has 1 aromatic rings. The molecule has 0 radical (unpaired) electrons. The summed E-state index contributed by atoms with van der Waals surface area (Å²) in [6.07, 6.45) is 1.16. The molecule has 0 spiro atoms. The van der Waals surface area contributed by atoms with Crippen molar-refractivity contribution >= 4 is 23.2 Å². The maximum atomic E-state index is 11.8. The smallest absolute Gasteiger partial charge is 0.205 e. The maximum Gasteiger partial charge on any atom is 0.205 e. The van der Waals surface area contributed by atoms with Crippen molar-refractivity contribution < 1.29 is 14.3 Å². The lowest BCUT2D eigenvalue weighted by atomic mass is 9.91. The molecule has 1 aliphatic carbocycles. The number of ketones is 2. The van der Waals surface area contributed by atoms with Crippen LogP contribution in [0.1, 0.15) is 26.3 Å². The molecule has 0 atom stereocenters. The van der Waals surface area contributed by atoms with Gasteiger partial charge in [-0.3, -0.25) is 9.59 Å². The lowest BCUT2D eigenvalue weighted by molar-refractivity contribution is 0.0989. The van der Waals surface area contributed by atoms with Crippen molar-refractivity contribution in [3.63, 3.8) is 0 Å². The summed E-state index contributed by atoms with van der Waals surface area (Å²) in [6, 6.07) is 3.26. The van der Waals surface area contributed by atoms with Crippen LogP contribution >= 0.6 is 11.6 Å². The Balaban J connectivity index is 2.72. The van der Waals surface area contributed by atoms with E-state index >= 15 is 0 Å². The average Bonchev–Trinajstić information content (AvgIpc) is 2.24. The van der Waals surface area contributed by atoms with E-state index in [4.69, 9.17) is 16.3 Å². The Morgan fingerprint density at radius 3 is 2.56 bits per heavy atom. The molecule has 0 amide bonds. The van der Waals surface area contributed by atoms with E-state index in [1.807, 2.05) is 0 Å². The summed E-state index contributed by atoms with van der Waals surface area (Å²) >= 11 is 5.69. The number of halogens is 1. The largest absolute Gasteiger partial charge is 0.497 e. The Labute approximate surface area is 97.7 Å². The fourth-order valence-corrected chi connectivity index (χ4v) is 1.96. The number of rotatable bonds is 1. The van der Waals surface area contributed by atoms with Crippen molar-refractivity contribution in [3.8, 4) is 5.75 Å². The third-order valence-electron chi connectivity index (χ3n) is 2.51. The van der Waals surface area contributed by atoms with Crippen molar-refractivity contribution in [3.05, 3.63) is 39.9 Å². The van der Waals surface area contributed by atoms with Gasteiger partial charge in [0.25, 0.3) is 0 Å². The summed E-state index contributed by atoms with van der Waals surface area (Å²) < 4.78 is 5.05. The van der Waals surface area contributed by atoms with E-state index in [0.29, 0.717) is 22.4 Å². The normalized spacial score (nSPS) is 14.6. The number of hydrogen-bond donors (Lipinski definition) is 0. The minimum Gasteiger partial charge on any atom is -0.497 e. The summed E-state index contributed by atoms with van der Waals surface area (Å²) in [4.78, 5) is 23.5. The molecule has 0 saturated carbocycles. The van der Waals surface area contributed by atoms with Crippen LogP contribution in [0.5, 0.6) is 5.75 Å². The van der Waals surface area contributed by atoms with Crippen molar-refractivity contribution in [1.82, 2.24) is 0 Å². The van der Waals surface area contributed by atoms with Gasteiger partial charge in [-0.15, -0.1) is 0 Å². The molecule has 0 bridgehead atoms. The summed E-state index contributed by atoms with van der Waals surface area (Å²) in [5.41, 5.74) is 1.44. The van der Waals surface area contributed by atoms with Crippen molar-refractivity contribution in [1.29, 1.82) is 0 Å². The highest BCUT2D eigenvalue weighted by Gasteiger charge is 2.26. The average molecular weight is 237 g/mol. The zero-order valence-electron chi connectivity index (χ0n) is 8.83. The predicted molar refractivity (Wildman–Crippen MR) is 60.3 cm³/mol. The minimum atomic E-state index is -0.335. The molecule has 0 heterocycles. The number of ether oxygens (including phenoxy) is 1. The van der Waals surface area contributed by atoms with E-state index in [1.165, 1.54) is 13.2 Å². The van der Waals surface area contributed by atoms with E-state index in [2.05, 4.69) is 0 Å². The zero-order chi connectivity index (χ0) is 11.9. The van der Waals surface area contributed by atoms with E-state index in [9.17, 15) is 9.59 Å². The highest BCUT2D eigenvalue weighted by molar-refractivity contribution is 6.49. The van der Waals surface area contributed by atoms with Gasteiger partial charge in [-0.2, -0.15) is 0 Å². The number of carbonyl (C=O) groups excluding carboxylic acids is 2. The molecule has 16 heavy (non-hydrogen) atoms. The Morgan fingerprint density at radius 1 is 1.25 bits per heavy atom. The molecule has 82 valence electrons. The van der Waals surface area contributed by atoms with Gasteiger partial charge in [0.1, 0.15) is 5.75 Å². The summed E-state index contributed by atoms with van der Waals surface area (Å²) in [6.45, 7) is 1.76. The molecule has 4 heteroatoms. The molecular formula is C12H9ClO3. The lowest BCUT2D eigenvalue weighted by Gasteiger charge is -2.15. The lowest BCUT2D eigenvalue weighted by Crippen LogP contribution is -2.16. The van der Waals surface area contributed by atoms with Crippen LogP contribution in [0.2, 0.25) is 0 Å². The molecule has 1 aliphatic rings. The standard InChI is InChI=1S/C12H9ClO3/c1-6-3-7(16-2)4-8-11(6)10(14)5-9(13)12(8)15/h3-5H,1-2H3. The van der Waals surface area contributed by atoms with Gasteiger partial charge in [-0.05, 0) is 24.6 Å². The topological polar surface area (TPSA) is 43.4 Å². The number of Topliss-reactive ketones (excluding diaryl/α,β-unsaturated/α-hetero) is 1. The summed E-state index contributed by atoms with van der Waals surface area (Å²) in [5.74, 6) is -0.0261. The number of methoxy groups -OCH3 is 1. The monoisotopic (exact) mass is 236 g/mol. The van der Waals surface area contributed by atoms with Gasteiger partial charge in [0, 0.05) is 17.2 Å². The fraction of sp³-hybridized carbons (Fsp3) is 0.167. The number of fused-ring (bicyclic) bond motifs is 1. The second kappa shape index (κ2) is 3.76. The Bertz CT molecular complexity index is 529. The molecule has 3 nitrogen and oxygen atoms in total. The number of hydrogen-bond acceptors (Lipinski definition) is 3. The van der Waals surface area contributed by atoms with Gasteiger partial charge in [0.2, 0.25) is 5.78 Å². The van der Waals surface area contributed by atoms with Gasteiger partial charge in [-0.1, -0.05) is 11.6 Å². The molecule has 2 rings (SSSR count). The van der Waals surface area contributed by atoms with Crippen LogP contribution in [0.15, 0.2) is 23.2 Å². The molecule has 0 fully saturated rings. The Hall–Kier alpha value is -1.61. The van der Waals surface area contributed by atoms with E-state index in [0.717, 1.165) is 6.08 Å². The highest BCUT2D eigenvalue weighted by atomic mass is 35.5. The van der Waals surface area contributed by atoms with Crippen molar-refractivity contribution in [2.75, 3.05) is 7.11 Å². The van der Waals surface area contributed by atoms with Crippen LogP contribution in [0, 0.1) is 6.92 Å². The van der Waals surface area contributed by atoms with Crippen LogP contribution in [-0.4, -0.2) is 18.7 Å². The first-order valence-electron chi connectivity index (χ1n) is 4.69. The molecule has 0 N–H and O–H groups in total. The van der Waals surface area contributed by atoms with Crippen LogP contribution in [0.4, 0.5) is 0 Å². The second-order valence-corrected chi connectivity index (χ2v) is 3.96. The first kappa shape index (κ1) is 10.9. The predicted octanol–water partition coefficient (Wildman–Crippen LogP) is 2.51. The van der Waals surface area contributed by atoms with Gasteiger partial charge in [0.15, 0.2) is 5.78 Å². The fourth-order valence-electron chi connectivity index (χ4n) is 1.76. The van der Waals surface area contributed by atoms with Crippen LogP contribution in [0.25, 0.3) is 0 Å². The summed E-state index contributed by atoms with van der Waals surface area (Å²) in [5, 5.41) is -0.0508. The number of allylic oxidation sites excluding steroid dienone is 2. The summed E-state index contributed by atoms with van der Waals surface area (Å²) in [7, 11) is 1.51. The third kappa shape index (κ3) is 1.53. The van der Waals surface area contributed by atoms with Crippen molar-refractivity contribution in [2.45, 2.75) is 6.92 Å². The number of benzene rings is 1. The van der Waals surface area contributed by atoms with Gasteiger partial charge >= 0.3 is 0 Å². The molecular weight excluding hydrogens is 228 g/mol. The first-order chi connectivity index (χ1) is 7.54. The van der Waals surface area contributed by atoms with Gasteiger partial charge < -0.3 is 4.74 Å². The van der Waals surface area contributed by atoms with Crippen LogP contribution in [-0.2, 0) is 0 Å². The van der Waals surface area contributed by atoms with Gasteiger partial charge in [-0.25, -0.2) is 0 Å². The van der Waals surface area contributed by atoms with Crippen LogP contribution in [0.3, 0.4) is 0 Å². The molecule has 0 unspecified atom stereocenters. The highest BCUT2D eigenvalue weighted by Crippen LogP contribution is 2.29. The van der Waals surface area contributed by atoms with E-state index in [1.54, 1.807) is 13.0 Å². The van der Waals surface area contributed by atoms with Crippen molar-refractivity contribution in [2.24, 2.45) is 0 Å². The Kier molecular flexibility index (Phi) is 2.56. The molecule has 0 saturated heterocycles. The first-order valence-corrected chi connectivity index (χ1v) is 5.07. The third-order valence-corrected chi connectivity index (χ3v) is 2.79. The van der Waals surface area contributed by atoms with E-state index in [-0.39, 0.29) is 16.6 Å². The maximum absolute atomic E-state index is 11.8. The minimum absolute atomic E-state index is 0.0508. The molecule has 0 aromatic heterocycles.